The largest absolute Gasteiger partial charge is 0.416 e. The molecule has 0 saturated carbocycles. The van der Waals surface area contributed by atoms with Crippen LogP contribution in [0.15, 0.2) is 61.2 Å². The molecule has 1 amide bonds. The smallest absolute Gasteiger partial charge is 0.381 e. The van der Waals surface area contributed by atoms with Crippen molar-refractivity contribution in [3.05, 3.63) is 82.4 Å². The van der Waals surface area contributed by atoms with Crippen molar-refractivity contribution in [1.82, 2.24) is 4.90 Å². The van der Waals surface area contributed by atoms with Gasteiger partial charge in [-0.05, 0) is 74.4 Å². The van der Waals surface area contributed by atoms with E-state index in [0.29, 0.717) is 29.3 Å². The molecule has 8 heteroatoms. The Morgan fingerprint density at radius 3 is 2.35 bits per heavy atom. The number of rotatable bonds is 9. The molecule has 0 spiro atoms. The number of allylic oxidation sites excluding steroid dienone is 1. The van der Waals surface area contributed by atoms with Gasteiger partial charge in [0.15, 0.2) is 5.60 Å². The molecule has 1 fully saturated rings. The Morgan fingerprint density at radius 2 is 1.81 bits per heavy atom. The number of halogens is 5. The molecule has 2 aromatic carbocycles. The summed E-state index contributed by atoms with van der Waals surface area (Å²) in [5.74, 6) is -0.316. The van der Waals surface area contributed by atoms with Crippen LogP contribution in [0.3, 0.4) is 0 Å². The zero-order valence-electron chi connectivity index (χ0n) is 21.4. The number of carbonyl (C=O) groups is 1. The zero-order valence-corrected chi connectivity index (χ0v) is 22.9. The molecule has 5 atom stereocenters. The summed E-state index contributed by atoms with van der Waals surface area (Å²) in [6.45, 7) is 8.38. The highest BCUT2D eigenvalue weighted by atomic mass is 35.5. The third-order valence-electron chi connectivity index (χ3n) is 7.62. The number of alkyl halides is 3. The van der Waals surface area contributed by atoms with Crippen LogP contribution in [0.4, 0.5) is 13.2 Å². The Kier molecular flexibility index (Phi) is 9.09. The zero-order chi connectivity index (χ0) is 27.6. The topological polar surface area (TPSA) is 40.5 Å². The van der Waals surface area contributed by atoms with Crippen LogP contribution < -0.4 is 0 Å². The number of piperidine rings is 1. The van der Waals surface area contributed by atoms with Crippen molar-refractivity contribution >= 4 is 29.1 Å². The predicted molar refractivity (Wildman–Crippen MR) is 143 cm³/mol. The van der Waals surface area contributed by atoms with Gasteiger partial charge in [-0.2, -0.15) is 13.2 Å². The molecule has 1 unspecified atom stereocenters. The van der Waals surface area contributed by atoms with Crippen molar-refractivity contribution in [2.75, 3.05) is 0 Å². The highest BCUT2D eigenvalue weighted by Gasteiger charge is 2.53. The Bertz CT molecular complexity index is 1100. The van der Waals surface area contributed by atoms with Gasteiger partial charge in [0.2, 0.25) is 5.91 Å². The standard InChI is InChI=1S/C29H34Cl2F3NO2/c1-5-15-27(3)18-24(20-8-7-9-22(31)17-20)25(19-10-12-21(30)13-11-19)35(26(27)36)23(6-2)14-16-28(4,37)29(32,33)34/h5,7-13,17,23-25,37H,1,6,14-16,18H2,2-4H3/t23?,24-,25-,27+,28+/m1/s1. The summed E-state index contributed by atoms with van der Waals surface area (Å²) in [6, 6.07) is 13.7. The van der Waals surface area contributed by atoms with Gasteiger partial charge < -0.3 is 10.0 Å². The van der Waals surface area contributed by atoms with E-state index in [4.69, 9.17) is 23.2 Å². The summed E-state index contributed by atoms with van der Waals surface area (Å²) in [6.07, 6.45) is -2.23. The first-order valence-corrected chi connectivity index (χ1v) is 13.2. The second-order valence-corrected chi connectivity index (χ2v) is 11.4. The number of carbonyl (C=O) groups excluding carboxylic acids is 1. The van der Waals surface area contributed by atoms with Gasteiger partial charge in [-0.25, -0.2) is 0 Å². The summed E-state index contributed by atoms with van der Waals surface area (Å²) in [5.41, 5.74) is -1.88. The van der Waals surface area contributed by atoms with E-state index in [1.54, 1.807) is 29.2 Å². The molecule has 3 nitrogen and oxygen atoms in total. The average molecular weight is 556 g/mol. The fraction of sp³-hybridized carbons (Fsp3) is 0.483. The molecule has 1 saturated heterocycles. The first kappa shape index (κ1) is 29.5. The molecule has 0 aliphatic carbocycles. The molecule has 3 rings (SSSR count). The molecule has 0 bridgehead atoms. The van der Waals surface area contributed by atoms with Crippen LogP contribution in [0.25, 0.3) is 0 Å². The van der Waals surface area contributed by atoms with Crippen LogP contribution in [0, 0.1) is 5.41 Å². The Hall–Kier alpha value is -2.02. The number of amides is 1. The highest BCUT2D eigenvalue weighted by molar-refractivity contribution is 6.30. The van der Waals surface area contributed by atoms with Crippen LogP contribution in [0.1, 0.15) is 76.0 Å². The Balaban J connectivity index is 2.16. The van der Waals surface area contributed by atoms with Gasteiger partial charge in [0.05, 0.1) is 11.5 Å². The molecule has 1 aliphatic rings. The van der Waals surface area contributed by atoms with E-state index in [0.717, 1.165) is 18.1 Å². The number of nitrogens with zero attached hydrogens (tertiary/aromatic N) is 1. The van der Waals surface area contributed by atoms with Crippen molar-refractivity contribution < 1.29 is 23.1 Å². The lowest BCUT2D eigenvalue weighted by Gasteiger charge is -2.52. The summed E-state index contributed by atoms with van der Waals surface area (Å²) in [7, 11) is 0. The maximum Gasteiger partial charge on any atom is 0.416 e. The molecule has 2 aromatic rings. The maximum absolute atomic E-state index is 14.2. The monoisotopic (exact) mass is 555 g/mol. The molecule has 0 radical (unpaired) electrons. The highest BCUT2D eigenvalue weighted by Crippen LogP contribution is 2.53. The number of likely N-dealkylation sites (tertiary alicyclic amines) is 1. The van der Waals surface area contributed by atoms with Crippen molar-refractivity contribution in [2.24, 2.45) is 5.41 Å². The van der Waals surface area contributed by atoms with Gasteiger partial charge in [0, 0.05) is 22.0 Å². The van der Waals surface area contributed by atoms with Crippen LogP contribution in [0.2, 0.25) is 10.0 Å². The van der Waals surface area contributed by atoms with Crippen molar-refractivity contribution in [3.8, 4) is 0 Å². The average Bonchev–Trinajstić information content (AvgIpc) is 2.82. The van der Waals surface area contributed by atoms with Gasteiger partial charge >= 0.3 is 6.18 Å². The molecule has 202 valence electrons. The summed E-state index contributed by atoms with van der Waals surface area (Å²) in [5, 5.41) is 11.3. The normalized spacial score (nSPS) is 25.0. The third kappa shape index (κ3) is 6.35. The lowest BCUT2D eigenvalue weighted by atomic mass is 9.67. The fourth-order valence-corrected chi connectivity index (χ4v) is 5.74. The molecular weight excluding hydrogens is 522 g/mol. The van der Waals surface area contributed by atoms with E-state index >= 15 is 0 Å². The van der Waals surface area contributed by atoms with Crippen LogP contribution in [-0.2, 0) is 4.79 Å². The molecule has 0 aromatic heterocycles. The van der Waals surface area contributed by atoms with Gasteiger partial charge in [-0.15, -0.1) is 6.58 Å². The number of benzene rings is 2. The molecular formula is C29H34Cl2F3NO2. The van der Waals surface area contributed by atoms with E-state index in [-0.39, 0.29) is 18.2 Å². The van der Waals surface area contributed by atoms with Crippen LogP contribution in [-0.4, -0.2) is 33.7 Å². The van der Waals surface area contributed by atoms with E-state index in [1.807, 2.05) is 44.2 Å². The van der Waals surface area contributed by atoms with Gasteiger partial charge in [0.25, 0.3) is 0 Å². The van der Waals surface area contributed by atoms with E-state index in [2.05, 4.69) is 6.58 Å². The lowest BCUT2D eigenvalue weighted by Crippen LogP contribution is -2.56. The Morgan fingerprint density at radius 1 is 1.16 bits per heavy atom. The third-order valence-corrected chi connectivity index (χ3v) is 8.11. The van der Waals surface area contributed by atoms with E-state index < -0.39 is 35.7 Å². The van der Waals surface area contributed by atoms with E-state index in [1.165, 1.54) is 0 Å². The predicted octanol–water partition coefficient (Wildman–Crippen LogP) is 8.51. The number of hydrogen-bond acceptors (Lipinski definition) is 2. The van der Waals surface area contributed by atoms with Crippen molar-refractivity contribution in [2.45, 2.75) is 82.7 Å². The molecule has 1 heterocycles. The molecule has 1 N–H and O–H groups in total. The van der Waals surface area contributed by atoms with Crippen LogP contribution in [0.5, 0.6) is 0 Å². The van der Waals surface area contributed by atoms with Crippen molar-refractivity contribution in [1.29, 1.82) is 0 Å². The van der Waals surface area contributed by atoms with Gasteiger partial charge in [0.1, 0.15) is 0 Å². The Labute approximate surface area is 227 Å². The second-order valence-electron chi connectivity index (χ2n) is 10.5. The minimum atomic E-state index is -4.77. The quantitative estimate of drug-likeness (QED) is 0.315. The molecule has 37 heavy (non-hydrogen) atoms. The second kappa shape index (κ2) is 11.4. The minimum absolute atomic E-state index is 0.00866. The lowest BCUT2D eigenvalue weighted by molar-refractivity contribution is -0.256. The van der Waals surface area contributed by atoms with Crippen molar-refractivity contribution in [3.63, 3.8) is 0 Å². The fourth-order valence-electron chi connectivity index (χ4n) is 5.42. The summed E-state index contributed by atoms with van der Waals surface area (Å²) in [4.78, 5) is 16.0. The first-order valence-electron chi connectivity index (χ1n) is 12.5. The summed E-state index contributed by atoms with van der Waals surface area (Å²) < 4.78 is 40.4. The van der Waals surface area contributed by atoms with Crippen LogP contribution >= 0.6 is 23.2 Å². The number of hydrogen-bond donors (Lipinski definition) is 1. The molecule has 1 aliphatic heterocycles. The summed E-state index contributed by atoms with van der Waals surface area (Å²) >= 11 is 12.5. The maximum atomic E-state index is 14.2. The van der Waals surface area contributed by atoms with E-state index in [9.17, 15) is 23.1 Å². The SMILES string of the molecule is C=CC[C@@]1(C)C[C@H](c2cccc(Cl)c2)[C@@H](c2ccc(Cl)cc2)N(C(CC)CC[C@](C)(O)C(F)(F)F)C1=O. The van der Waals surface area contributed by atoms with Gasteiger partial charge in [-0.3, -0.25) is 4.79 Å². The minimum Gasteiger partial charge on any atom is -0.381 e. The number of aliphatic hydroxyl groups is 1. The van der Waals surface area contributed by atoms with Gasteiger partial charge in [-0.1, -0.05) is 67.4 Å². The first-order chi connectivity index (χ1) is 17.2.